The van der Waals surface area contributed by atoms with E-state index in [4.69, 9.17) is 27.9 Å². The molecule has 3 saturated heterocycles. The van der Waals surface area contributed by atoms with Crippen molar-refractivity contribution in [1.29, 1.82) is 0 Å². The Morgan fingerprint density at radius 2 is 1.36 bits per heavy atom. The highest BCUT2D eigenvalue weighted by Crippen LogP contribution is 2.51. The van der Waals surface area contributed by atoms with E-state index in [9.17, 15) is 9.59 Å². The number of rotatable bonds is 0. The summed E-state index contributed by atoms with van der Waals surface area (Å²) in [7, 11) is 0. The first kappa shape index (κ1) is 8.95. The molecule has 0 aromatic rings. The van der Waals surface area contributed by atoms with Crippen LogP contribution in [-0.2, 0) is 19.1 Å². The van der Waals surface area contributed by atoms with Crippen molar-refractivity contribution in [2.75, 3.05) is 0 Å². The molecule has 0 aromatic carbocycles. The minimum absolute atomic E-state index is 0.415. The minimum Gasteiger partial charge on any atom is -0.393 e. The number of hydrogen-bond donors (Lipinski definition) is 0. The lowest BCUT2D eigenvalue weighted by molar-refractivity contribution is -0.156. The summed E-state index contributed by atoms with van der Waals surface area (Å²) in [5.74, 6) is -2.13. The number of fused-ring (bicyclic) bond motifs is 5. The highest BCUT2D eigenvalue weighted by atomic mass is 35.5. The molecule has 0 unspecified atom stereocenters. The molecule has 3 heterocycles. The summed E-state index contributed by atoms with van der Waals surface area (Å²) in [6, 6.07) is 0. The van der Waals surface area contributed by atoms with Crippen molar-refractivity contribution in [2.24, 2.45) is 11.8 Å². The second-order valence-corrected chi connectivity index (χ2v) is 4.75. The van der Waals surface area contributed by atoms with Crippen molar-refractivity contribution in [1.82, 2.24) is 0 Å². The highest BCUT2D eigenvalue weighted by Gasteiger charge is 2.67. The molecule has 2 bridgehead atoms. The van der Waals surface area contributed by atoms with E-state index in [2.05, 4.69) is 4.74 Å². The van der Waals surface area contributed by atoms with Crippen molar-refractivity contribution in [3.63, 3.8) is 0 Å². The van der Waals surface area contributed by atoms with Gasteiger partial charge in [0.2, 0.25) is 0 Å². The first-order valence-corrected chi connectivity index (χ1v) is 5.17. The molecule has 76 valence electrons. The van der Waals surface area contributed by atoms with Crippen LogP contribution in [0.15, 0.2) is 0 Å². The Kier molecular flexibility index (Phi) is 1.68. The number of esters is 2. The van der Waals surface area contributed by atoms with E-state index in [0.717, 1.165) is 0 Å². The van der Waals surface area contributed by atoms with Gasteiger partial charge in [0.25, 0.3) is 0 Å². The van der Waals surface area contributed by atoms with Gasteiger partial charge in [-0.25, -0.2) is 0 Å². The van der Waals surface area contributed by atoms with Crippen molar-refractivity contribution in [3.05, 3.63) is 0 Å². The maximum absolute atomic E-state index is 11.3. The average molecular weight is 237 g/mol. The summed E-state index contributed by atoms with van der Waals surface area (Å²) >= 11 is 11.9. The molecule has 0 aromatic heterocycles. The van der Waals surface area contributed by atoms with Crippen LogP contribution in [0.2, 0.25) is 0 Å². The van der Waals surface area contributed by atoms with Gasteiger partial charge in [-0.05, 0) is 0 Å². The quantitative estimate of drug-likeness (QED) is 0.345. The standard InChI is InChI=1S/C8H6Cl2O4/c9-3-4(10)6-2-1(5(3)13-6)7(11)14-8(2)12/h1-6H/t1-,2-,3-,4+,5+,6+/m0/s1. The number of ether oxygens (including phenoxy) is 2. The van der Waals surface area contributed by atoms with Crippen LogP contribution in [-0.4, -0.2) is 34.9 Å². The smallest absolute Gasteiger partial charge is 0.320 e. The molecular formula is C8H6Cl2O4. The summed E-state index contributed by atoms with van der Waals surface area (Å²) in [5, 5.41) is -0.831. The molecule has 3 aliphatic rings. The lowest BCUT2D eigenvalue weighted by Gasteiger charge is -2.23. The molecule has 0 aliphatic carbocycles. The molecule has 0 amide bonds. The zero-order chi connectivity index (χ0) is 10.0. The fraction of sp³-hybridized carbons (Fsp3) is 0.750. The largest absolute Gasteiger partial charge is 0.393 e. The van der Waals surface area contributed by atoms with Gasteiger partial charge in [0.05, 0.1) is 23.0 Å². The zero-order valence-corrected chi connectivity index (χ0v) is 8.36. The predicted molar refractivity (Wildman–Crippen MR) is 46.0 cm³/mol. The number of carbonyl (C=O) groups excluding carboxylic acids is 2. The van der Waals surface area contributed by atoms with Gasteiger partial charge in [-0.1, -0.05) is 0 Å². The van der Waals surface area contributed by atoms with Gasteiger partial charge in [-0.3, -0.25) is 9.59 Å². The Labute approximate surface area is 89.4 Å². The molecule has 3 fully saturated rings. The Morgan fingerprint density at radius 3 is 1.79 bits per heavy atom. The van der Waals surface area contributed by atoms with E-state index in [1.165, 1.54) is 0 Å². The third-order valence-corrected chi connectivity index (χ3v) is 4.26. The molecule has 3 aliphatic heterocycles. The van der Waals surface area contributed by atoms with Crippen molar-refractivity contribution in [2.45, 2.75) is 23.0 Å². The van der Waals surface area contributed by atoms with Gasteiger partial charge in [0.1, 0.15) is 11.8 Å². The van der Waals surface area contributed by atoms with E-state index in [0.29, 0.717) is 0 Å². The number of hydrogen-bond acceptors (Lipinski definition) is 4. The molecule has 6 heteroatoms. The van der Waals surface area contributed by atoms with Crippen LogP contribution in [0.1, 0.15) is 0 Å². The van der Waals surface area contributed by atoms with Crippen LogP contribution in [0.4, 0.5) is 0 Å². The average Bonchev–Trinajstić information content (AvgIpc) is 2.71. The van der Waals surface area contributed by atoms with Crippen LogP contribution in [0.3, 0.4) is 0 Å². The monoisotopic (exact) mass is 236 g/mol. The van der Waals surface area contributed by atoms with E-state index in [-0.39, 0.29) is 0 Å². The second-order valence-electron chi connectivity index (χ2n) is 3.75. The third-order valence-electron chi connectivity index (χ3n) is 3.09. The van der Waals surface area contributed by atoms with Gasteiger partial charge in [0, 0.05) is 0 Å². The van der Waals surface area contributed by atoms with Crippen LogP contribution >= 0.6 is 23.2 Å². The van der Waals surface area contributed by atoms with Crippen LogP contribution in [0.25, 0.3) is 0 Å². The van der Waals surface area contributed by atoms with Crippen LogP contribution < -0.4 is 0 Å². The molecule has 0 saturated carbocycles. The Hall–Kier alpha value is -0.320. The lowest BCUT2D eigenvalue weighted by atomic mass is 9.80. The van der Waals surface area contributed by atoms with Crippen molar-refractivity contribution >= 4 is 35.1 Å². The summed E-state index contributed by atoms with van der Waals surface area (Å²) in [5.41, 5.74) is 0. The van der Waals surface area contributed by atoms with E-state index in [1.54, 1.807) is 0 Å². The summed E-state index contributed by atoms with van der Waals surface area (Å²) < 4.78 is 9.95. The molecule has 0 radical (unpaired) electrons. The Balaban J connectivity index is 2.01. The van der Waals surface area contributed by atoms with Crippen molar-refractivity contribution < 1.29 is 19.1 Å². The van der Waals surface area contributed by atoms with Crippen LogP contribution in [0, 0.1) is 11.8 Å². The van der Waals surface area contributed by atoms with Crippen LogP contribution in [0.5, 0.6) is 0 Å². The normalized spacial score (nSPS) is 55.0. The van der Waals surface area contributed by atoms with Gasteiger partial charge >= 0.3 is 11.9 Å². The first-order chi connectivity index (χ1) is 6.61. The Bertz CT molecular complexity index is 301. The lowest BCUT2D eigenvalue weighted by Crippen LogP contribution is -2.42. The molecule has 6 atom stereocenters. The molecular weight excluding hydrogens is 231 g/mol. The SMILES string of the molecule is O=C1OC(=O)[C@@H]2[C@H]3O[C@@H]([C@H](Cl)[C@@H]3Cl)[C@@H]12. The van der Waals surface area contributed by atoms with E-state index >= 15 is 0 Å². The molecule has 4 nitrogen and oxygen atoms in total. The van der Waals surface area contributed by atoms with E-state index in [1.807, 2.05) is 0 Å². The molecule has 0 N–H and O–H groups in total. The number of carbonyl (C=O) groups is 2. The third kappa shape index (κ3) is 0.846. The maximum Gasteiger partial charge on any atom is 0.320 e. The number of alkyl halides is 2. The summed E-state index contributed by atoms with van der Waals surface area (Å²) in [6.07, 6.45) is -0.929. The molecule has 0 spiro atoms. The topological polar surface area (TPSA) is 52.6 Å². The van der Waals surface area contributed by atoms with Crippen molar-refractivity contribution in [3.8, 4) is 0 Å². The fourth-order valence-electron chi connectivity index (χ4n) is 2.46. The van der Waals surface area contributed by atoms with Gasteiger partial charge in [-0.15, -0.1) is 23.2 Å². The summed E-state index contributed by atoms with van der Waals surface area (Å²) in [6.45, 7) is 0. The minimum atomic E-state index is -0.537. The Morgan fingerprint density at radius 1 is 0.929 bits per heavy atom. The maximum atomic E-state index is 11.3. The number of halogens is 2. The van der Waals surface area contributed by atoms with E-state index < -0.39 is 46.7 Å². The molecule has 14 heavy (non-hydrogen) atoms. The summed E-state index contributed by atoms with van der Waals surface area (Å²) in [4.78, 5) is 22.6. The first-order valence-electron chi connectivity index (χ1n) is 4.30. The number of cyclic esters (lactones) is 2. The predicted octanol–water partition coefficient (Wildman–Crippen LogP) is 0.298. The second kappa shape index (κ2) is 2.62. The van der Waals surface area contributed by atoms with Gasteiger partial charge < -0.3 is 9.47 Å². The highest BCUT2D eigenvalue weighted by molar-refractivity contribution is 6.31. The van der Waals surface area contributed by atoms with Gasteiger partial charge in [0.15, 0.2) is 0 Å². The molecule has 3 rings (SSSR count). The van der Waals surface area contributed by atoms with Gasteiger partial charge in [-0.2, -0.15) is 0 Å². The zero-order valence-electron chi connectivity index (χ0n) is 6.85. The fourth-order valence-corrected chi connectivity index (χ4v) is 3.18.